The van der Waals surface area contributed by atoms with Gasteiger partial charge in [0.2, 0.25) is 5.91 Å². The van der Waals surface area contributed by atoms with E-state index in [9.17, 15) is 13.2 Å². The Balaban J connectivity index is 1.99. The molecule has 1 atom stereocenters. The van der Waals surface area contributed by atoms with E-state index in [1.807, 2.05) is 30.3 Å². The Morgan fingerprint density at radius 2 is 1.70 bits per heavy atom. The molecule has 122 valence electrons. The van der Waals surface area contributed by atoms with Gasteiger partial charge in [0.05, 0.1) is 10.1 Å². The van der Waals surface area contributed by atoms with Crippen LogP contribution < -0.4 is 4.72 Å². The van der Waals surface area contributed by atoms with Crippen LogP contribution >= 0.6 is 11.8 Å². The lowest BCUT2D eigenvalue weighted by Gasteiger charge is -2.13. The molecule has 4 nitrogen and oxygen atoms in total. The van der Waals surface area contributed by atoms with Crippen LogP contribution in [-0.4, -0.2) is 19.6 Å². The van der Waals surface area contributed by atoms with Gasteiger partial charge in [-0.1, -0.05) is 48.5 Å². The number of amides is 1. The summed E-state index contributed by atoms with van der Waals surface area (Å²) in [5.41, 5.74) is 1.70. The Bertz CT molecular complexity index is 773. The molecule has 0 aliphatic rings. The number of hydrogen-bond acceptors (Lipinski definition) is 4. The molecule has 2 aromatic rings. The molecule has 1 unspecified atom stereocenters. The van der Waals surface area contributed by atoms with Crippen molar-refractivity contribution in [3.63, 3.8) is 0 Å². The zero-order chi connectivity index (χ0) is 16.9. The average Bonchev–Trinajstić information content (AvgIpc) is 2.53. The Labute approximate surface area is 141 Å². The number of sulfonamides is 1. The van der Waals surface area contributed by atoms with Crippen LogP contribution in [-0.2, 0) is 20.6 Å². The molecule has 2 aromatic carbocycles. The van der Waals surface area contributed by atoms with E-state index in [2.05, 4.69) is 4.72 Å². The fourth-order valence-electron chi connectivity index (χ4n) is 2.00. The molecule has 0 bridgehead atoms. The van der Waals surface area contributed by atoms with Gasteiger partial charge in [0, 0.05) is 5.75 Å². The normalized spacial score (nSPS) is 12.6. The highest BCUT2D eigenvalue weighted by molar-refractivity contribution is 8.00. The number of carbonyl (C=O) groups excluding carboxylic acids is 1. The monoisotopic (exact) mass is 349 g/mol. The molecule has 0 heterocycles. The van der Waals surface area contributed by atoms with Gasteiger partial charge in [-0.2, -0.15) is 0 Å². The molecule has 0 aliphatic heterocycles. The summed E-state index contributed by atoms with van der Waals surface area (Å²) in [5, 5.41) is -0.464. The number of benzene rings is 2. The van der Waals surface area contributed by atoms with Crippen molar-refractivity contribution >= 4 is 27.7 Å². The molecule has 0 aromatic heterocycles. The third-order valence-corrected chi connectivity index (χ3v) is 6.05. The van der Waals surface area contributed by atoms with Crippen LogP contribution in [0.2, 0.25) is 0 Å². The summed E-state index contributed by atoms with van der Waals surface area (Å²) in [7, 11) is -3.83. The topological polar surface area (TPSA) is 63.2 Å². The van der Waals surface area contributed by atoms with Crippen molar-refractivity contribution in [3.05, 3.63) is 65.7 Å². The van der Waals surface area contributed by atoms with Gasteiger partial charge in [-0.3, -0.25) is 4.79 Å². The van der Waals surface area contributed by atoms with Crippen molar-refractivity contribution in [2.24, 2.45) is 0 Å². The minimum absolute atomic E-state index is 0.133. The number of hydrogen-bond donors (Lipinski definition) is 1. The van der Waals surface area contributed by atoms with Crippen molar-refractivity contribution in [2.45, 2.75) is 29.7 Å². The predicted molar refractivity (Wildman–Crippen MR) is 93.7 cm³/mol. The van der Waals surface area contributed by atoms with Crippen molar-refractivity contribution in [2.75, 3.05) is 0 Å². The van der Waals surface area contributed by atoms with Gasteiger partial charge in [0.1, 0.15) is 0 Å². The van der Waals surface area contributed by atoms with Crippen LogP contribution in [0.4, 0.5) is 0 Å². The first-order valence-electron chi connectivity index (χ1n) is 7.18. The first-order chi connectivity index (χ1) is 10.9. The summed E-state index contributed by atoms with van der Waals surface area (Å²) in [6, 6.07) is 16.3. The van der Waals surface area contributed by atoms with Crippen LogP contribution in [0.5, 0.6) is 0 Å². The van der Waals surface area contributed by atoms with Gasteiger partial charge < -0.3 is 0 Å². The predicted octanol–water partition coefficient (Wildman–Crippen LogP) is 3.12. The average molecular weight is 349 g/mol. The lowest BCUT2D eigenvalue weighted by molar-refractivity contribution is -0.118. The minimum Gasteiger partial charge on any atom is -0.273 e. The second-order valence-corrected chi connectivity index (χ2v) is 8.15. The molecular weight excluding hydrogens is 330 g/mol. The molecule has 0 saturated carbocycles. The number of nitrogens with one attached hydrogen (secondary N) is 1. The SMILES string of the molecule is Cc1ccccc1S(=O)(=O)NC(=O)C(C)SCc1ccccc1. The van der Waals surface area contributed by atoms with E-state index >= 15 is 0 Å². The van der Waals surface area contributed by atoms with E-state index < -0.39 is 21.2 Å². The zero-order valence-corrected chi connectivity index (χ0v) is 14.7. The van der Waals surface area contributed by atoms with Crippen LogP contribution in [0, 0.1) is 6.92 Å². The van der Waals surface area contributed by atoms with Gasteiger partial charge in [-0.25, -0.2) is 13.1 Å². The van der Waals surface area contributed by atoms with E-state index in [0.717, 1.165) is 5.56 Å². The highest BCUT2D eigenvalue weighted by Crippen LogP contribution is 2.19. The molecular formula is C17H19NO3S2. The molecule has 6 heteroatoms. The van der Waals surface area contributed by atoms with Gasteiger partial charge in [0.25, 0.3) is 10.0 Å². The van der Waals surface area contributed by atoms with Crippen LogP contribution in [0.3, 0.4) is 0 Å². The van der Waals surface area contributed by atoms with Gasteiger partial charge >= 0.3 is 0 Å². The van der Waals surface area contributed by atoms with Crippen molar-refractivity contribution in [1.82, 2.24) is 4.72 Å². The number of rotatable bonds is 6. The third kappa shape index (κ3) is 4.84. The fraction of sp³-hybridized carbons (Fsp3) is 0.235. The lowest BCUT2D eigenvalue weighted by Crippen LogP contribution is -2.36. The maximum atomic E-state index is 12.3. The highest BCUT2D eigenvalue weighted by Gasteiger charge is 2.23. The molecule has 0 spiro atoms. The fourth-order valence-corrected chi connectivity index (χ4v) is 4.22. The summed E-state index contributed by atoms with van der Waals surface area (Å²) in [5.74, 6) is 0.147. The molecule has 2 rings (SSSR count). The molecule has 1 amide bonds. The minimum atomic E-state index is -3.83. The van der Waals surface area contributed by atoms with Crippen LogP contribution in [0.25, 0.3) is 0 Å². The Morgan fingerprint density at radius 3 is 2.35 bits per heavy atom. The van der Waals surface area contributed by atoms with Crippen LogP contribution in [0.1, 0.15) is 18.1 Å². The Hall–Kier alpha value is -1.79. The maximum absolute atomic E-state index is 12.3. The highest BCUT2D eigenvalue weighted by atomic mass is 32.2. The van der Waals surface area contributed by atoms with Gasteiger partial charge in [-0.15, -0.1) is 11.8 Å². The van der Waals surface area contributed by atoms with E-state index in [-0.39, 0.29) is 4.90 Å². The van der Waals surface area contributed by atoms with Gasteiger partial charge in [0.15, 0.2) is 0 Å². The first kappa shape index (κ1) is 17.6. The zero-order valence-electron chi connectivity index (χ0n) is 13.0. The first-order valence-corrected chi connectivity index (χ1v) is 9.71. The molecule has 0 fully saturated rings. The molecule has 0 aliphatic carbocycles. The van der Waals surface area contributed by atoms with E-state index in [1.165, 1.54) is 17.8 Å². The Kier molecular flexibility index (Phi) is 5.85. The summed E-state index contributed by atoms with van der Waals surface area (Å²) >= 11 is 1.40. The summed E-state index contributed by atoms with van der Waals surface area (Å²) < 4.78 is 26.8. The van der Waals surface area contributed by atoms with Gasteiger partial charge in [-0.05, 0) is 31.0 Å². The maximum Gasteiger partial charge on any atom is 0.264 e. The molecule has 1 N–H and O–H groups in total. The summed E-state index contributed by atoms with van der Waals surface area (Å²) in [6.07, 6.45) is 0. The van der Waals surface area contributed by atoms with Crippen molar-refractivity contribution in [3.8, 4) is 0 Å². The second kappa shape index (κ2) is 7.66. The van der Waals surface area contributed by atoms with E-state index in [1.54, 1.807) is 32.0 Å². The quantitative estimate of drug-likeness (QED) is 0.870. The van der Waals surface area contributed by atoms with E-state index in [0.29, 0.717) is 11.3 Å². The van der Waals surface area contributed by atoms with Crippen molar-refractivity contribution in [1.29, 1.82) is 0 Å². The molecule has 0 saturated heterocycles. The van der Waals surface area contributed by atoms with Crippen molar-refractivity contribution < 1.29 is 13.2 Å². The molecule has 0 radical (unpaired) electrons. The standard InChI is InChI=1S/C17H19NO3S2/c1-13-8-6-7-11-16(13)23(20,21)18-17(19)14(2)22-12-15-9-4-3-5-10-15/h3-11,14H,12H2,1-2H3,(H,18,19). The molecule has 23 heavy (non-hydrogen) atoms. The Morgan fingerprint density at radius 1 is 1.09 bits per heavy atom. The number of carbonyl (C=O) groups is 1. The largest absolute Gasteiger partial charge is 0.273 e. The summed E-state index contributed by atoms with van der Waals surface area (Å²) in [6.45, 7) is 3.41. The number of aryl methyl sites for hydroxylation is 1. The second-order valence-electron chi connectivity index (χ2n) is 5.17. The smallest absolute Gasteiger partial charge is 0.264 e. The lowest BCUT2D eigenvalue weighted by atomic mass is 10.2. The third-order valence-electron chi connectivity index (χ3n) is 3.33. The summed E-state index contributed by atoms with van der Waals surface area (Å²) in [4.78, 5) is 12.3. The van der Waals surface area contributed by atoms with Crippen LogP contribution in [0.15, 0.2) is 59.5 Å². The van der Waals surface area contributed by atoms with E-state index in [4.69, 9.17) is 0 Å². The number of thioether (sulfide) groups is 1.